The van der Waals surface area contributed by atoms with E-state index in [1.807, 2.05) is 24.3 Å². The summed E-state index contributed by atoms with van der Waals surface area (Å²) in [6.45, 7) is 1.25. The highest BCUT2D eigenvalue weighted by Crippen LogP contribution is 2.31. The monoisotopic (exact) mass is 577 g/mol. The Balaban J connectivity index is 1.32. The van der Waals surface area contributed by atoms with E-state index in [1.165, 1.54) is 18.2 Å². The number of piperidine rings is 1. The molecule has 1 saturated heterocycles. The van der Waals surface area contributed by atoms with Crippen LogP contribution in [0.15, 0.2) is 53.1 Å². The van der Waals surface area contributed by atoms with Crippen molar-refractivity contribution < 1.29 is 30.9 Å². The van der Waals surface area contributed by atoms with Gasteiger partial charge in [-0.25, -0.2) is 17.8 Å². The van der Waals surface area contributed by atoms with Gasteiger partial charge in [-0.2, -0.15) is 18.3 Å². The molecular formula is C25H26F3N7O4S. The first kappa shape index (κ1) is 27.5. The van der Waals surface area contributed by atoms with Crippen molar-refractivity contribution in [3.63, 3.8) is 0 Å². The normalized spacial score (nSPS) is 15.1. The number of carbonyl (C=O) groups excluding carboxylic acids is 1. The number of aromatic nitrogens is 3. The van der Waals surface area contributed by atoms with Crippen LogP contribution < -0.4 is 20.7 Å². The van der Waals surface area contributed by atoms with Gasteiger partial charge in [0.25, 0.3) is 5.91 Å². The number of amides is 1. The number of benzene rings is 2. The van der Waals surface area contributed by atoms with Gasteiger partial charge in [0, 0.05) is 37.4 Å². The number of sulfonamides is 1. The van der Waals surface area contributed by atoms with Gasteiger partial charge in [0.1, 0.15) is 5.69 Å². The predicted molar refractivity (Wildman–Crippen MR) is 141 cm³/mol. The van der Waals surface area contributed by atoms with Gasteiger partial charge in [0.15, 0.2) is 17.1 Å². The molecule has 0 saturated carbocycles. The first-order chi connectivity index (χ1) is 18.9. The molecule has 0 aliphatic carbocycles. The summed E-state index contributed by atoms with van der Waals surface area (Å²) in [6, 6.07) is 12.3. The fourth-order valence-electron chi connectivity index (χ4n) is 4.66. The van der Waals surface area contributed by atoms with Gasteiger partial charge in [-0.1, -0.05) is 23.4 Å². The Morgan fingerprint density at radius 1 is 1.15 bits per heavy atom. The lowest BCUT2D eigenvalue weighted by Crippen LogP contribution is -2.45. The molecule has 0 radical (unpaired) electrons. The summed E-state index contributed by atoms with van der Waals surface area (Å²) in [5, 5.41) is 10.5. The number of hydrogen-bond acceptors (Lipinski definition) is 8. The van der Waals surface area contributed by atoms with Crippen LogP contribution in [0.1, 0.15) is 34.6 Å². The van der Waals surface area contributed by atoms with Gasteiger partial charge >= 0.3 is 6.18 Å². The number of para-hydroxylation sites is 1. The zero-order valence-corrected chi connectivity index (χ0v) is 22.1. The zero-order chi connectivity index (χ0) is 28.7. The van der Waals surface area contributed by atoms with Crippen molar-refractivity contribution in [3.05, 3.63) is 65.5 Å². The van der Waals surface area contributed by atoms with Crippen LogP contribution in [0.5, 0.6) is 0 Å². The lowest BCUT2D eigenvalue weighted by molar-refractivity contribution is -0.141. The Hall–Kier alpha value is -4.11. The molecule has 4 aromatic rings. The van der Waals surface area contributed by atoms with Crippen molar-refractivity contribution in [1.29, 1.82) is 0 Å². The highest BCUT2D eigenvalue weighted by molar-refractivity contribution is 7.88. The molecule has 1 amide bonds. The van der Waals surface area contributed by atoms with Crippen molar-refractivity contribution >= 4 is 38.4 Å². The minimum Gasteiger partial charge on any atom is -0.380 e. The van der Waals surface area contributed by atoms with Crippen LogP contribution in [0.25, 0.3) is 16.7 Å². The standard InChI is InChI=1S/C25H26F3N7O4S/c1-40(37,38)30-14-15-4-2-3-5-19(15)34-10-8-16(9-11-34)31-24(36)20-13-22(25(26,27)28)32-35(20)17-6-7-21-18(12-17)23(29)33-39-21/h2-7,12-13,16,30H,8-11,14H2,1H3,(H2,29,33)(H,31,36). The summed E-state index contributed by atoms with van der Waals surface area (Å²) in [5.74, 6) is -0.635. The Bertz CT molecular complexity index is 1660. The number of nitrogens with zero attached hydrogens (tertiary/aromatic N) is 4. The molecule has 0 spiro atoms. The molecule has 3 heterocycles. The molecule has 1 aliphatic rings. The smallest absolute Gasteiger partial charge is 0.380 e. The third-order valence-corrected chi connectivity index (χ3v) is 7.31. The largest absolute Gasteiger partial charge is 0.435 e. The number of fused-ring (bicyclic) bond motifs is 1. The maximum absolute atomic E-state index is 13.5. The number of halogens is 3. The molecule has 1 fully saturated rings. The third kappa shape index (κ3) is 5.89. The van der Waals surface area contributed by atoms with E-state index < -0.39 is 27.8 Å². The number of carbonyl (C=O) groups is 1. The molecule has 15 heteroatoms. The van der Waals surface area contributed by atoms with Gasteiger partial charge in [0.05, 0.1) is 17.3 Å². The lowest BCUT2D eigenvalue weighted by atomic mass is 10.0. The summed E-state index contributed by atoms with van der Waals surface area (Å²) < 4.78 is 72.2. The molecule has 0 atom stereocenters. The fraction of sp³-hybridized carbons (Fsp3) is 0.320. The van der Waals surface area contributed by atoms with Crippen molar-refractivity contribution in [2.45, 2.75) is 31.6 Å². The van der Waals surface area contributed by atoms with Gasteiger partial charge in [-0.15, -0.1) is 0 Å². The van der Waals surface area contributed by atoms with E-state index in [1.54, 1.807) is 0 Å². The topological polar surface area (TPSA) is 148 Å². The molecule has 11 nitrogen and oxygen atoms in total. The second-order valence-electron chi connectivity index (χ2n) is 9.53. The molecule has 1 aliphatic heterocycles. The highest BCUT2D eigenvalue weighted by Gasteiger charge is 2.36. The van der Waals surface area contributed by atoms with Gasteiger partial charge < -0.3 is 20.5 Å². The average Bonchev–Trinajstić information content (AvgIpc) is 3.52. The number of nitrogens with one attached hydrogen (secondary N) is 2. The molecule has 40 heavy (non-hydrogen) atoms. The molecule has 2 aromatic carbocycles. The first-order valence-electron chi connectivity index (χ1n) is 12.3. The van der Waals surface area contributed by atoms with E-state index in [4.69, 9.17) is 10.3 Å². The van der Waals surface area contributed by atoms with Crippen LogP contribution in [-0.4, -0.2) is 54.6 Å². The third-order valence-electron chi connectivity index (χ3n) is 6.65. The lowest BCUT2D eigenvalue weighted by Gasteiger charge is -2.35. The van der Waals surface area contributed by atoms with Crippen molar-refractivity contribution in [2.75, 3.05) is 30.0 Å². The van der Waals surface area contributed by atoms with Gasteiger partial charge in [-0.3, -0.25) is 4.79 Å². The number of anilines is 2. The van der Waals surface area contributed by atoms with Gasteiger partial charge in [0.2, 0.25) is 10.0 Å². The maximum atomic E-state index is 13.5. The molecule has 212 valence electrons. The summed E-state index contributed by atoms with van der Waals surface area (Å²) in [7, 11) is -3.37. The molecular weight excluding hydrogens is 551 g/mol. The summed E-state index contributed by atoms with van der Waals surface area (Å²) in [5.41, 5.74) is 6.53. The van der Waals surface area contributed by atoms with Crippen LogP contribution in [0.3, 0.4) is 0 Å². The zero-order valence-electron chi connectivity index (χ0n) is 21.3. The molecule has 5 rings (SSSR count). The van der Waals surface area contributed by atoms with Gasteiger partial charge in [-0.05, 0) is 42.7 Å². The predicted octanol–water partition coefficient (Wildman–Crippen LogP) is 3.06. The molecule has 2 aromatic heterocycles. The minimum absolute atomic E-state index is 0.0616. The van der Waals surface area contributed by atoms with Crippen LogP contribution >= 0.6 is 0 Å². The highest BCUT2D eigenvalue weighted by atomic mass is 32.2. The van der Waals surface area contributed by atoms with E-state index in [9.17, 15) is 26.4 Å². The van der Waals surface area contributed by atoms with E-state index >= 15 is 0 Å². The molecule has 0 bridgehead atoms. The average molecular weight is 578 g/mol. The number of alkyl halides is 3. The Morgan fingerprint density at radius 3 is 2.58 bits per heavy atom. The second-order valence-corrected chi connectivity index (χ2v) is 11.4. The first-order valence-corrected chi connectivity index (χ1v) is 14.2. The number of nitrogens with two attached hydrogens (primary N) is 1. The van der Waals surface area contributed by atoms with Crippen molar-refractivity contribution in [3.8, 4) is 5.69 Å². The van der Waals surface area contributed by atoms with E-state index in [0.717, 1.165) is 28.3 Å². The quantitative estimate of drug-likeness (QED) is 0.304. The summed E-state index contributed by atoms with van der Waals surface area (Å²) in [4.78, 5) is 15.3. The number of hydrogen-bond donors (Lipinski definition) is 3. The number of rotatable bonds is 7. The Kier molecular flexibility index (Phi) is 7.18. The summed E-state index contributed by atoms with van der Waals surface area (Å²) in [6.07, 6.45) is -2.60. The van der Waals surface area contributed by atoms with Crippen LogP contribution in [0, 0.1) is 0 Å². The number of nitrogen functional groups attached to an aromatic ring is 1. The minimum atomic E-state index is -4.76. The molecule has 0 unspecified atom stereocenters. The van der Waals surface area contributed by atoms with E-state index in [2.05, 4.69) is 25.2 Å². The van der Waals surface area contributed by atoms with Crippen LogP contribution in [0.2, 0.25) is 0 Å². The van der Waals surface area contributed by atoms with Crippen LogP contribution in [0.4, 0.5) is 24.7 Å². The fourth-order valence-corrected chi connectivity index (χ4v) is 5.07. The molecule has 4 N–H and O–H groups in total. The Morgan fingerprint density at radius 2 is 1.88 bits per heavy atom. The SMILES string of the molecule is CS(=O)(=O)NCc1ccccc1N1CCC(NC(=O)c2cc(C(F)(F)F)nn2-c2ccc3onc(N)c3c2)CC1. The maximum Gasteiger partial charge on any atom is 0.435 e. The van der Waals surface area contributed by atoms with Crippen molar-refractivity contribution in [1.82, 2.24) is 25.0 Å². The second kappa shape index (κ2) is 10.5. The summed E-state index contributed by atoms with van der Waals surface area (Å²) >= 11 is 0. The van der Waals surface area contributed by atoms with E-state index in [-0.39, 0.29) is 29.8 Å². The van der Waals surface area contributed by atoms with E-state index in [0.29, 0.717) is 36.9 Å². The Labute approximate surface area is 227 Å². The van der Waals surface area contributed by atoms with Crippen molar-refractivity contribution in [2.24, 2.45) is 0 Å². The van der Waals surface area contributed by atoms with Crippen LogP contribution in [-0.2, 0) is 22.7 Å².